The molecule has 1 heterocycles. The van der Waals surface area contributed by atoms with Gasteiger partial charge < -0.3 is 5.32 Å². The lowest BCUT2D eigenvalue weighted by atomic mass is 10.1. The second-order valence-corrected chi connectivity index (χ2v) is 3.63. The van der Waals surface area contributed by atoms with Gasteiger partial charge in [0.1, 0.15) is 0 Å². The molecule has 2 rings (SSSR count). The summed E-state index contributed by atoms with van der Waals surface area (Å²) in [5, 5.41) is 7.32. The van der Waals surface area contributed by atoms with Gasteiger partial charge in [0.15, 0.2) is 0 Å². The van der Waals surface area contributed by atoms with Crippen molar-refractivity contribution < 1.29 is 0 Å². The lowest BCUT2D eigenvalue weighted by Gasteiger charge is -2.02. The monoisotopic (exact) mass is 201 g/mol. The molecule has 3 nitrogen and oxygen atoms in total. The van der Waals surface area contributed by atoms with E-state index in [0.717, 1.165) is 12.1 Å². The predicted molar refractivity (Wildman–Crippen MR) is 61.4 cm³/mol. The van der Waals surface area contributed by atoms with E-state index in [4.69, 9.17) is 0 Å². The lowest BCUT2D eigenvalue weighted by Crippen LogP contribution is -2.04. The Morgan fingerprint density at radius 3 is 2.87 bits per heavy atom. The van der Waals surface area contributed by atoms with Crippen LogP contribution in [0.3, 0.4) is 0 Å². The first-order valence-corrected chi connectivity index (χ1v) is 5.02. The van der Waals surface area contributed by atoms with Gasteiger partial charge in [0.2, 0.25) is 0 Å². The minimum Gasteiger partial charge on any atom is -0.316 e. The van der Waals surface area contributed by atoms with Gasteiger partial charge in [-0.1, -0.05) is 18.2 Å². The molecule has 0 aliphatic rings. The summed E-state index contributed by atoms with van der Waals surface area (Å²) in [6, 6.07) is 8.50. The van der Waals surface area contributed by atoms with Gasteiger partial charge in [-0.05, 0) is 24.2 Å². The summed E-state index contributed by atoms with van der Waals surface area (Å²) in [5.74, 6) is 0. The molecular weight excluding hydrogens is 186 g/mol. The lowest BCUT2D eigenvalue weighted by molar-refractivity contribution is 0.768. The number of aromatic nitrogens is 2. The molecule has 1 N–H and O–H groups in total. The number of hydrogen-bond acceptors (Lipinski definition) is 2. The van der Waals surface area contributed by atoms with E-state index in [0.29, 0.717) is 0 Å². The van der Waals surface area contributed by atoms with Crippen LogP contribution in [0.25, 0.3) is 11.1 Å². The second-order valence-electron chi connectivity index (χ2n) is 3.63. The third-order valence-corrected chi connectivity index (χ3v) is 2.35. The summed E-state index contributed by atoms with van der Waals surface area (Å²) < 4.78 is 1.82. The molecule has 0 radical (unpaired) electrons. The highest BCUT2D eigenvalue weighted by Crippen LogP contribution is 2.19. The van der Waals surface area contributed by atoms with Crippen molar-refractivity contribution in [3.8, 4) is 11.1 Å². The van der Waals surface area contributed by atoms with Crippen LogP contribution in [0.15, 0.2) is 36.7 Å². The number of nitrogens with zero attached hydrogens (tertiary/aromatic N) is 2. The van der Waals surface area contributed by atoms with Crippen LogP contribution in [-0.2, 0) is 13.6 Å². The molecular formula is C12H15N3. The molecule has 0 unspecified atom stereocenters. The summed E-state index contributed by atoms with van der Waals surface area (Å²) in [4.78, 5) is 0. The van der Waals surface area contributed by atoms with Crippen LogP contribution < -0.4 is 5.32 Å². The maximum atomic E-state index is 4.17. The number of hydrogen-bond donors (Lipinski definition) is 1. The van der Waals surface area contributed by atoms with E-state index in [2.05, 4.69) is 34.7 Å². The van der Waals surface area contributed by atoms with Crippen LogP contribution in [0.4, 0.5) is 0 Å². The molecule has 0 saturated heterocycles. The fraction of sp³-hybridized carbons (Fsp3) is 0.250. The fourth-order valence-corrected chi connectivity index (χ4v) is 1.64. The van der Waals surface area contributed by atoms with Crippen LogP contribution in [0, 0.1) is 0 Å². The summed E-state index contributed by atoms with van der Waals surface area (Å²) in [6.07, 6.45) is 3.91. The second kappa shape index (κ2) is 4.28. The first-order valence-electron chi connectivity index (χ1n) is 5.02. The van der Waals surface area contributed by atoms with E-state index in [1.54, 1.807) is 0 Å². The standard InChI is InChI=1S/C12H15N3/c1-13-7-10-4-3-5-11(6-10)12-8-14-15(2)9-12/h3-6,8-9,13H,7H2,1-2H3. The largest absolute Gasteiger partial charge is 0.316 e. The van der Waals surface area contributed by atoms with Gasteiger partial charge in [0.25, 0.3) is 0 Å². The van der Waals surface area contributed by atoms with Crippen molar-refractivity contribution in [1.29, 1.82) is 0 Å². The Hall–Kier alpha value is -1.61. The van der Waals surface area contributed by atoms with Crippen molar-refractivity contribution in [3.63, 3.8) is 0 Å². The van der Waals surface area contributed by atoms with Crippen LogP contribution in [0.5, 0.6) is 0 Å². The third kappa shape index (κ3) is 2.25. The SMILES string of the molecule is CNCc1cccc(-c2cnn(C)c2)c1. The van der Waals surface area contributed by atoms with Crippen molar-refractivity contribution in [2.45, 2.75) is 6.54 Å². The van der Waals surface area contributed by atoms with E-state index in [1.807, 2.05) is 31.2 Å². The van der Waals surface area contributed by atoms with E-state index in [-0.39, 0.29) is 0 Å². The maximum Gasteiger partial charge on any atom is 0.0568 e. The van der Waals surface area contributed by atoms with Crippen molar-refractivity contribution in [2.24, 2.45) is 7.05 Å². The Morgan fingerprint density at radius 1 is 1.33 bits per heavy atom. The average molecular weight is 201 g/mol. The van der Waals surface area contributed by atoms with Crippen LogP contribution in [-0.4, -0.2) is 16.8 Å². The summed E-state index contributed by atoms with van der Waals surface area (Å²) in [6.45, 7) is 0.897. The molecule has 0 aliphatic carbocycles. The molecule has 15 heavy (non-hydrogen) atoms. The highest BCUT2D eigenvalue weighted by Gasteiger charge is 2.00. The Morgan fingerprint density at radius 2 is 2.20 bits per heavy atom. The Labute approximate surface area is 89.7 Å². The van der Waals surface area contributed by atoms with Gasteiger partial charge in [0, 0.05) is 25.4 Å². The van der Waals surface area contributed by atoms with Crippen LogP contribution in [0.2, 0.25) is 0 Å². The van der Waals surface area contributed by atoms with Crippen molar-refractivity contribution in [1.82, 2.24) is 15.1 Å². The average Bonchev–Trinajstić information content (AvgIpc) is 2.66. The maximum absolute atomic E-state index is 4.17. The van der Waals surface area contributed by atoms with E-state index in [1.165, 1.54) is 11.1 Å². The first kappa shape index (κ1) is 9.93. The van der Waals surface area contributed by atoms with Gasteiger partial charge in [-0.15, -0.1) is 0 Å². The van der Waals surface area contributed by atoms with Gasteiger partial charge in [0.05, 0.1) is 6.20 Å². The third-order valence-electron chi connectivity index (χ3n) is 2.35. The first-order chi connectivity index (χ1) is 7.29. The normalized spacial score (nSPS) is 10.5. The minimum atomic E-state index is 0.897. The minimum absolute atomic E-state index is 0.897. The van der Waals surface area contributed by atoms with Crippen molar-refractivity contribution >= 4 is 0 Å². The molecule has 0 fully saturated rings. The van der Waals surface area contributed by atoms with Crippen molar-refractivity contribution in [3.05, 3.63) is 42.2 Å². The molecule has 1 aromatic carbocycles. The van der Waals surface area contributed by atoms with Crippen LogP contribution >= 0.6 is 0 Å². The molecule has 2 aromatic rings. The predicted octanol–water partition coefficient (Wildman–Crippen LogP) is 1.81. The molecule has 0 spiro atoms. The van der Waals surface area contributed by atoms with E-state index in [9.17, 15) is 0 Å². The highest BCUT2D eigenvalue weighted by atomic mass is 15.2. The van der Waals surface area contributed by atoms with Crippen LogP contribution in [0.1, 0.15) is 5.56 Å². The molecule has 0 aliphatic heterocycles. The zero-order valence-corrected chi connectivity index (χ0v) is 9.07. The number of rotatable bonds is 3. The van der Waals surface area contributed by atoms with Crippen molar-refractivity contribution in [2.75, 3.05) is 7.05 Å². The summed E-state index contributed by atoms with van der Waals surface area (Å²) in [5.41, 5.74) is 3.67. The molecule has 1 aromatic heterocycles. The van der Waals surface area contributed by atoms with Gasteiger partial charge in [-0.3, -0.25) is 4.68 Å². The van der Waals surface area contributed by atoms with E-state index >= 15 is 0 Å². The summed E-state index contributed by atoms with van der Waals surface area (Å²) >= 11 is 0. The molecule has 78 valence electrons. The number of nitrogens with one attached hydrogen (secondary N) is 1. The Balaban J connectivity index is 2.32. The zero-order chi connectivity index (χ0) is 10.7. The molecule has 0 bridgehead atoms. The number of benzene rings is 1. The summed E-state index contributed by atoms with van der Waals surface area (Å²) in [7, 11) is 3.89. The molecule has 3 heteroatoms. The van der Waals surface area contributed by atoms with Gasteiger partial charge in [-0.2, -0.15) is 5.10 Å². The quantitative estimate of drug-likeness (QED) is 0.820. The molecule has 0 saturated carbocycles. The fourth-order valence-electron chi connectivity index (χ4n) is 1.64. The van der Waals surface area contributed by atoms with Gasteiger partial charge >= 0.3 is 0 Å². The molecule has 0 amide bonds. The van der Waals surface area contributed by atoms with E-state index < -0.39 is 0 Å². The Kier molecular flexibility index (Phi) is 2.83. The smallest absolute Gasteiger partial charge is 0.0568 e. The van der Waals surface area contributed by atoms with Gasteiger partial charge in [-0.25, -0.2) is 0 Å². The number of aryl methyl sites for hydroxylation is 1. The highest BCUT2D eigenvalue weighted by molar-refractivity contribution is 5.62. The molecule has 0 atom stereocenters. The topological polar surface area (TPSA) is 29.9 Å². The Bertz CT molecular complexity index is 446. The zero-order valence-electron chi connectivity index (χ0n) is 9.07.